The van der Waals surface area contributed by atoms with E-state index in [-0.39, 0.29) is 24.4 Å². The van der Waals surface area contributed by atoms with Gasteiger partial charge in [0.05, 0.1) is 6.04 Å². The summed E-state index contributed by atoms with van der Waals surface area (Å²) in [6, 6.07) is -2.21. The van der Waals surface area contributed by atoms with E-state index in [0.717, 1.165) is 0 Å². The van der Waals surface area contributed by atoms with Gasteiger partial charge in [-0.15, -0.1) is 0 Å². The number of likely N-dealkylation sites (tertiary alicyclic amines) is 1. The maximum atomic E-state index is 12.9. The number of hydrogen-bond acceptors (Lipinski definition) is 5. The van der Waals surface area contributed by atoms with Crippen LogP contribution in [0.25, 0.3) is 0 Å². The van der Waals surface area contributed by atoms with Gasteiger partial charge in [0.2, 0.25) is 17.7 Å². The molecule has 0 bridgehead atoms. The van der Waals surface area contributed by atoms with E-state index in [0.29, 0.717) is 6.42 Å². The molecule has 0 spiro atoms. The first-order valence-corrected chi connectivity index (χ1v) is 7.82. The van der Waals surface area contributed by atoms with Crippen molar-refractivity contribution in [2.24, 2.45) is 16.9 Å². The Morgan fingerprint density at radius 3 is 2.26 bits per heavy atom. The van der Waals surface area contributed by atoms with Crippen LogP contribution in [-0.2, 0) is 14.4 Å². The van der Waals surface area contributed by atoms with Crippen molar-refractivity contribution in [1.29, 1.82) is 0 Å². The second-order valence-corrected chi connectivity index (χ2v) is 7.22. The predicted octanol–water partition coefficient (Wildman–Crippen LogP) is -1.46. The lowest BCUT2D eigenvalue weighted by atomic mass is 9.85. The lowest BCUT2D eigenvalue weighted by Crippen LogP contribution is -2.59. The molecule has 0 aromatic rings. The van der Waals surface area contributed by atoms with Crippen molar-refractivity contribution in [3.05, 3.63) is 0 Å². The van der Waals surface area contributed by atoms with Gasteiger partial charge in [0.1, 0.15) is 12.1 Å². The van der Waals surface area contributed by atoms with E-state index in [1.807, 2.05) is 20.8 Å². The molecule has 8 nitrogen and oxygen atoms in total. The number of nitrogens with zero attached hydrogens (tertiary/aromatic N) is 1. The molecular formula is C15H29N5O3. The number of primary amides is 1. The molecule has 6 N–H and O–H groups in total. The zero-order chi connectivity index (χ0) is 17.9. The van der Waals surface area contributed by atoms with Crippen LogP contribution in [0, 0.1) is 5.41 Å². The van der Waals surface area contributed by atoms with Crippen LogP contribution in [0.4, 0.5) is 0 Å². The van der Waals surface area contributed by atoms with E-state index in [2.05, 4.69) is 10.6 Å². The van der Waals surface area contributed by atoms with Crippen LogP contribution in [-0.4, -0.2) is 60.4 Å². The molecule has 3 unspecified atom stereocenters. The Morgan fingerprint density at radius 2 is 1.83 bits per heavy atom. The van der Waals surface area contributed by atoms with Crippen LogP contribution in [0.1, 0.15) is 34.1 Å². The highest BCUT2D eigenvalue weighted by Gasteiger charge is 2.43. The van der Waals surface area contributed by atoms with E-state index in [1.165, 1.54) is 4.90 Å². The Kier molecular flexibility index (Phi) is 6.12. The van der Waals surface area contributed by atoms with Gasteiger partial charge in [0, 0.05) is 12.6 Å². The first-order chi connectivity index (χ1) is 10.5. The summed E-state index contributed by atoms with van der Waals surface area (Å²) in [5.74, 6) is -1.18. The molecule has 23 heavy (non-hydrogen) atoms. The minimum absolute atomic E-state index is 0.260. The van der Waals surface area contributed by atoms with Crippen LogP contribution in [0.15, 0.2) is 0 Å². The molecule has 1 rings (SSSR count). The number of carbonyl (C=O) groups excluding carboxylic acids is 3. The summed E-state index contributed by atoms with van der Waals surface area (Å²) in [5, 5.41) is 5.61. The molecule has 8 heteroatoms. The molecular weight excluding hydrogens is 298 g/mol. The summed E-state index contributed by atoms with van der Waals surface area (Å²) in [4.78, 5) is 38.1. The second kappa shape index (κ2) is 7.27. The molecule has 3 amide bonds. The van der Waals surface area contributed by atoms with Crippen LogP contribution in [0.2, 0.25) is 0 Å². The number of nitrogens with one attached hydrogen (secondary N) is 2. The Labute approximate surface area is 137 Å². The highest BCUT2D eigenvalue weighted by atomic mass is 16.2. The minimum Gasteiger partial charge on any atom is -0.368 e. The van der Waals surface area contributed by atoms with Gasteiger partial charge in [0.15, 0.2) is 0 Å². The number of amides is 3. The average Bonchev–Trinajstić information content (AvgIpc) is 2.83. The molecule has 0 radical (unpaired) electrons. The molecule has 1 aliphatic rings. The highest BCUT2D eigenvalue weighted by Crippen LogP contribution is 2.25. The summed E-state index contributed by atoms with van der Waals surface area (Å²) < 4.78 is 0. The van der Waals surface area contributed by atoms with Crippen LogP contribution >= 0.6 is 0 Å². The summed E-state index contributed by atoms with van der Waals surface area (Å²) in [5.41, 5.74) is 10.7. The molecule has 1 aliphatic heterocycles. The summed E-state index contributed by atoms with van der Waals surface area (Å²) >= 11 is 0. The van der Waals surface area contributed by atoms with Gasteiger partial charge >= 0.3 is 0 Å². The van der Waals surface area contributed by atoms with E-state index >= 15 is 0 Å². The van der Waals surface area contributed by atoms with Crippen molar-refractivity contribution < 1.29 is 14.4 Å². The number of carbonyl (C=O) groups is 3. The number of likely N-dealkylation sites (N-methyl/N-ethyl adjacent to an activating group) is 1. The fourth-order valence-electron chi connectivity index (χ4n) is 2.59. The maximum absolute atomic E-state index is 12.9. The normalized spacial score (nSPS) is 24.2. The molecule has 0 aliphatic carbocycles. The lowest BCUT2D eigenvalue weighted by molar-refractivity contribution is -0.143. The van der Waals surface area contributed by atoms with Crippen molar-refractivity contribution in [2.75, 3.05) is 13.6 Å². The van der Waals surface area contributed by atoms with Gasteiger partial charge in [0.25, 0.3) is 0 Å². The fourth-order valence-corrected chi connectivity index (χ4v) is 2.59. The summed E-state index contributed by atoms with van der Waals surface area (Å²) in [6.45, 7) is 7.54. The molecule has 0 aromatic carbocycles. The molecule has 1 heterocycles. The van der Waals surface area contributed by atoms with E-state index in [1.54, 1.807) is 14.0 Å². The Morgan fingerprint density at radius 1 is 1.26 bits per heavy atom. The van der Waals surface area contributed by atoms with Crippen LogP contribution in [0.3, 0.4) is 0 Å². The Bertz CT molecular complexity index is 474. The van der Waals surface area contributed by atoms with Gasteiger partial charge < -0.3 is 27.0 Å². The summed E-state index contributed by atoms with van der Waals surface area (Å²) in [6.07, 6.45) is 0.346. The van der Waals surface area contributed by atoms with E-state index in [4.69, 9.17) is 11.5 Å². The zero-order valence-corrected chi connectivity index (χ0v) is 14.6. The van der Waals surface area contributed by atoms with Gasteiger partial charge in [-0.1, -0.05) is 20.8 Å². The molecule has 0 aromatic heterocycles. The monoisotopic (exact) mass is 327 g/mol. The molecule has 132 valence electrons. The maximum Gasteiger partial charge on any atom is 0.246 e. The second-order valence-electron chi connectivity index (χ2n) is 7.22. The smallest absolute Gasteiger partial charge is 0.246 e. The number of hydrogen-bond donors (Lipinski definition) is 4. The quantitative estimate of drug-likeness (QED) is 0.490. The van der Waals surface area contributed by atoms with Crippen molar-refractivity contribution in [3.8, 4) is 0 Å². The van der Waals surface area contributed by atoms with Gasteiger partial charge in [-0.05, 0) is 25.8 Å². The molecule has 1 saturated heterocycles. The minimum atomic E-state index is -0.766. The molecule has 1 fully saturated rings. The molecule has 4 atom stereocenters. The van der Waals surface area contributed by atoms with E-state index in [9.17, 15) is 14.4 Å². The third-order valence-corrected chi connectivity index (χ3v) is 4.17. The van der Waals surface area contributed by atoms with Gasteiger partial charge in [-0.25, -0.2) is 0 Å². The van der Waals surface area contributed by atoms with Gasteiger partial charge in [-0.3, -0.25) is 14.4 Å². The Hall–Kier alpha value is -1.67. The van der Waals surface area contributed by atoms with Crippen LogP contribution < -0.4 is 22.1 Å². The third-order valence-electron chi connectivity index (χ3n) is 4.17. The highest BCUT2D eigenvalue weighted by molar-refractivity contribution is 5.93. The standard InChI is InChI=1S/C15H29N5O3/c1-8(18-5)13(22)19-11(15(2,3)4)14(23)20-7-9(16)6-10(20)12(17)21/h8-11,18H,6-7,16H2,1-5H3,(H2,17,21)(H,19,22)/t8?,9?,10?,11-/m1/s1. The Balaban J connectivity index is 3.01. The number of nitrogens with two attached hydrogens (primary N) is 2. The van der Waals surface area contributed by atoms with Gasteiger partial charge in [-0.2, -0.15) is 0 Å². The van der Waals surface area contributed by atoms with Crippen LogP contribution in [0.5, 0.6) is 0 Å². The van der Waals surface area contributed by atoms with Crippen molar-refractivity contribution in [2.45, 2.75) is 58.3 Å². The first kappa shape index (κ1) is 19.4. The average molecular weight is 327 g/mol. The largest absolute Gasteiger partial charge is 0.368 e. The van der Waals surface area contributed by atoms with Crippen molar-refractivity contribution >= 4 is 17.7 Å². The van der Waals surface area contributed by atoms with Crippen molar-refractivity contribution in [1.82, 2.24) is 15.5 Å². The third kappa shape index (κ3) is 4.65. The van der Waals surface area contributed by atoms with E-state index < -0.39 is 29.4 Å². The zero-order valence-electron chi connectivity index (χ0n) is 14.6. The fraction of sp³-hybridized carbons (Fsp3) is 0.800. The topological polar surface area (TPSA) is 131 Å². The summed E-state index contributed by atoms with van der Waals surface area (Å²) in [7, 11) is 1.67. The van der Waals surface area contributed by atoms with Crippen molar-refractivity contribution in [3.63, 3.8) is 0 Å². The molecule has 0 saturated carbocycles. The first-order valence-electron chi connectivity index (χ1n) is 7.82. The lowest BCUT2D eigenvalue weighted by Gasteiger charge is -2.35. The predicted molar refractivity (Wildman–Crippen MR) is 87.2 cm³/mol. The number of rotatable bonds is 5. The SMILES string of the molecule is CNC(C)C(=O)N[C@H](C(=O)N1CC(N)CC1C(N)=O)C(C)(C)C.